The summed E-state index contributed by atoms with van der Waals surface area (Å²) in [5, 5.41) is 4.24. The molecule has 0 bridgehead atoms. The molecule has 6 heteroatoms. The fourth-order valence-corrected chi connectivity index (χ4v) is 3.25. The maximum Gasteiger partial charge on any atom is 0.225 e. The van der Waals surface area contributed by atoms with Crippen molar-refractivity contribution in [3.63, 3.8) is 0 Å². The molecule has 2 rings (SSSR count). The van der Waals surface area contributed by atoms with Gasteiger partial charge in [-0.1, -0.05) is 0 Å². The lowest BCUT2D eigenvalue weighted by atomic mass is 10.3. The molecule has 0 spiro atoms. The molecule has 0 saturated carbocycles. The third-order valence-electron chi connectivity index (χ3n) is 3.43. The highest BCUT2D eigenvalue weighted by Gasteiger charge is 2.15. The molecule has 2 heterocycles. The number of thiophene rings is 1. The van der Waals surface area contributed by atoms with Crippen molar-refractivity contribution in [3.8, 4) is 0 Å². The number of aryl methyl sites for hydroxylation is 1. The summed E-state index contributed by atoms with van der Waals surface area (Å²) in [4.78, 5) is 16.2. The van der Waals surface area contributed by atoms with Crippen LogP contribution in [-0.2, 0) is 0 Å². The monoisotopic (exact) mass is 307 g/mol. The summed E-state index contributed by atoms with van der Waals surface area (Å²) < 4.78 is 0. The van der Waals surface area contributed by atoms with Gasteiger partial charge in [-0.3, -0.25) is 0 Å². The summed E-state index contributed by atoms with van der Waals surface area (Å²) in [5.41, 5.74) is 0. The van der Waals surface area contributed by atoms with Crippen LogP contribution in [0, 0.1) is 6.92 Å². The Morgan fingerprint density at radius 2 is 2.00 bits per heavy atom. The lowest BCUT2D eigenvalue weighted by molar-refractivity contribution is 0.400. The van der Waals surface area contributed by atoms with Gasteiger partial charge in [0.15, 0.2) is 0 Å². The maximum absolute atomic E-state index is 4.70. The average Bonchev–Trinajstić information content (AvgIpc) is 2.82. The number of anilines is 2. The van der Waals surface area contributed by atoms with Crippen molar-refractivity contribution in [2.24, 2.45) is 0 Å². The van der Waals surface area contributed by atoms with Gasteiger partial charge in [0, 0.05) is 25.0 Å². The summed E-state index contributed by atoms with van der Waals surface area (Å²) in [6.45, 7) is 7.36. The van der Waals surface area contributed by atoms with E-state index in [1.807, 2.05) is 7.05 Å². The standard InChI is InChI=1S/C15H25N5S/c1-6-20(9-7-8-19(4)5)13-12-10-11(2)21-14(12)18-15(16-3)17-13/h10H,6-9H2,1-5H3,(H,16,17,18). The fraction of sp³-hybridized carbons (Fsp3) is 0.600. The molecule has 2 aromatic heterocycles. The van der Waals surface area contributed by atoms with E-state index >= 15 is 0 Å². The van der Waals surface area contributed by atoms with Crippen LogP contribution in [-0.4, -0.2) is 55.6 Å². The average molecular weight is 307 g/mol. The number of hydrogen-bond acceptors (Lipinski definition) is 6. The lowest BCUT2D eigenvalue weighted by Crippen LogP contribution is -2.28. The number of hydrogen-bond donors (Lipinski definition) is 1. The smallest absolute Gasteiger partial charge is 0.225 e. The summed E-state index contributed by atoms with van der Waals surface area (Å²) in [5.74, 6) is 1.75. The van der Waals surface area contributed by atoms with E-state index in [1.54, 1.807) is 11.3 Å². The molecule has 116 valence electrons. The van der Waals surface area contributed by atoms with Gasteiger partial charge >= 0.3 is 0 Å². The number of rotatable bonds is 7. The number of fused-ring (bicyclic) bond motifs is 1. The van der Waals surface area contributed by atoms with Gasteiger partial charge < -0.3 is 15.1 Å². The molecule has 0 atom stereocenters. The highest BCUT2D eigenvalue weighted by molar-refractivity contribution is 7.18. The predicted octanol–water partition coefficient (Wildman–Crippen LogP) is 2.82. The van der Waals surface area contributed by atoms with E-state index in [4.69, 9.17) is 4.98 Å². The summed E-state index contributed by atoms with van der Waals surface area (Å²) in [7, 11) is 6.09. The van der Waals surface area contributed by atoms with Crippen molar-refractivity contribution in [2.75, 3.05) is 51.0 Å². The van der Waals surface area contributed by atoms with E-state index in [1.165, 1.54) is 10.3 Å². The van der Waals surface area contributed by atoms with Crippen LogP contribution < -0.4 is 10.2 Å². The summed E-state index contributed by atoms with van der Waals surface area (Å²) in [6.07, 6.45) is 1.13. The Hall–Kier alpha value is -1.40. The van der Waals surface area contributed by atoms with Gasteiger partial charge in [-0.25, -0.2) is 4.98 Å². The van der Waals surface area contributed by atoms with Gasteiger partial charge in [-0.15, -0.1) is 11.3 Å². The second-order valence-electron chi connectivity index (χ2n) is 5.43. The molecule has 5 nitrogen and oxygen atoms in total. The van der Waals surface area contributed by atoms with E-state index in [-0.39, 0.29) is 0 Å². The van der Waals surface area contributed by atoms with Crippen LogP contribution in [0.15, 0.2) is 6.07 Å². The Balaban J connectivity index is 2.32. The van der Waals surface area contributed by atoms with Crippen molar-refractivity contribution < 1.29 is 0 Å². The number of aromatic nitrogens is 2. The minimum atomic E-state index is 0.699. The SMILES string of the molecule is CCN(CCCN(C)C)c1nc(NC)nc2sc(C)cc12. The molecule has 0 aliphatic carbocycles. The highest BCUT2D eigenvalue weighted by atomic mass is 32.1. The third kappa shape index (κ3) is 3.83. The molecule has 0 aliphatic heterocycles. The largest absolute Gasteiger partial charge is 0.357 e. The Morgan fingerprint density at radius 1 is 1.24 bits per heavy atom. The third-order valence-corrected chi connectivity index (χ3v) is 4.38. The van der Waals surface area contributed by atoms with Gasteiger partial charge in [-0.05, 0) is 47.0 Å². The van der Waals surface area contributed by atoms with Crippen LogP contribution in [0.25, 0.3) is 10.2 Å². The van der Waals surface area contributed by atoms with Crippen LogP contribution in [0.4, 0.5) is 11.8 Å². The molecular weight excluding hydrogens is 282 g/mol. The van der Waals surface area contributed by atoms with Crippen LogP contribution in [0.2, 0.25) is 0 Å². The van der Waals surface area contributed by atoms with E-state index < -0.39 is 0 Å². The topological polar surface area (TPSA) is 44.3 Å². The second-order valence-corrected chi connectivity index (χ2v) is 6.67. The maximum atomic E-state index is 4.70. The summed E-state index contributed by atoms with van der Waals surface area (Å²) in [6, 6.07) is 2.20. The zero-order valence-corrected chi connectivity index (χ0v) is 14.4. The van der Waals surface area contributed by atoms with Crippen LogP contribution >= 0.6 is 11.3 Å². The molecule has 0 fully saturated rings. The first kappa shape index (κ1) is 16.0. The first-order valence-electron chi connectivity index (χ1n) is 7.40. The Labute approximate surface area is 131 Å². The van der Waals surface area contributed by atoms with Gasteiger partial charge in [-0.2, -0.15) is 4.98 Å². The van der Waals surface area contributed by atoms with E-state index in [0.717, 1.165) is 36.7 Å². The fourth-order valence-electron chi connectivity index (χ4n) is 2.37. The molecular formula is C15H25N5S. The molecule has 0 unspecified atom stereocenters. The number of nitrogens with zero attached hydrogens (tertiary/aromatic N) is 4. The zero-order chi connectivity index (χ0) is 15.4. The van der Waals surface area contributed by atoms with Crippen LogP contribution in [0.3, 0.4) is 0 Å². The molecule has 0 amide bonds. The lowest BCUT2D eigenvalue weighted by Gasteiger charge is -2.23. The molecule has 0 saturated heterocycles. The van der Waals surface area contributed by atoms with Crippen molar-refractivity contribution in [2.45, 2.75) is 20.3 Å². The Kier molecular flexibility index (Phi) is 5.36. The Bertz CT molecular complexity index is 593. The molecule has 21 heavy (non-hydrogen) atoms. The molecule has 2 aromatic rings. The number of nitrogens with one attached hydrogen (secondary N) is 1. The second kappa shape index (κ2) is 7.04. The minimum Gasteiger partial charge on any atom is -0.357 e. The van der Waals surface area contributed by atoms with Crippen LogP contribution in [0.1, 0.15) is 18.2 Å². The van der Waals surface area contributed by atoms with Crippen molar-refractivity contribution in [3.05, 3.63) is 10.9 Å². The predicted molar refractivity (Wildman–Crippen MR) is 92.8 cm³/mol. The molecule has 0 radical (unpaired) electrons. The van der Waals surface area contributed by atoms with E-state index in [9.17, 15) is 0 Å². The normalized spacial score (nSPS) is 11.3. The van der Waals surface area contributed by atoms with E-state index in [0.29, 0.717) is 5.95 Å². The molecule has 0 aliphatic rings. The van der Waals surface area contributed by atoms with Gasteiger partial charge in [0.05, 0.1) is 5.39 Å². The van der Waals surface area contributed by atoms with Gasteiger partial charge in [0.25, 0.3) is 0 Å². The quantitative estimate of drug-likeness (QED) is 0.852. The van der Waals surface area contributed by atoms with E-state index in [2.05, 4.69) is 54.1 Å². The van der Waals surface area contributed by atoms with Crippen LogP contribution in [0.5, 0.6) is 0 Å². The van der Waals surface area contributed by atoms with Crippen molar-refractivity contribution in [1.29, 1.82) is 0 Å². The minimum absolute atomic E-state index is 0.699. The zero-order valence-electron chi connectivity index (χ0n) is 13.6. The molecule has 1 N–H and O–H groups in total. The first-order valence-corrected chi connectivity index (χ1v) is 8.22. The van der Waals surface area contributed by atoms with Gasteiger partial charge in [0.2, 0.25) is 5.95 Å². The summed E-state index contributed by atoms with van der Waals surface area (Å²) >= 11 is 1.73. The highest BCUT2D eigenvalue weighted by Crippen LogP contribution is 2.31. The van der Waals surface area contributed by atoms with Gasteiger partial charge in [0.1, 0.15) is 10.6 Å². The first-order chi connectivity index (χ1) is 10.0. The molecule has 0 aromatic carbocycles. The Morgan fingerprint density at radius 3 is 2.62 bits per heavy atom. The van der Waals surface area contributed by atoms with Crippen molar-refractivity contribution >= 4 is 33.3 Å². The van der Waals surface area contributed by atoms with Crippen molar-refractivity contribution in [1.82, 2.24) is 14.9 Å².